The van der Waals surface area contributed by atoms with Crippen molar-refractivity contribution in [2.75, 3.05) is 6.54 Å². The minimum absolute atomic E-state index is 0.740. The van der Waals surface area contributed by atoms with Crippen LogP contribution in [0.2, 0.25) is 0 Å². The summed E-state index contributed by atoms with van der Waals surface area (Å²) in [5.74, 6) is 1.53. The second-order valence-electron chi connectivity index (χ2n) is 6.13. The highest BCUT2D eigenvalue weighted by atomic mass is 14.9. The van der Waals surface area contributed by atoms with E-state index >= 15 is 0 Å². The zero-order valence-corrected chi connectivity index (χ0v) is 11.1. The minimum Gasteiger partial charge on any atom is -0.312 e. The highest BCUT2D eigenvalue weighted by Gasteiger charge is 2.23. The van der Waals surface area contributed by atoms with E-state index in [0.717, 1.165) is 18.4 Å². The van der Waals surface area contributed by atoms with Gasteiger partial charge in [-0.05, 0) is 59.8 Å². The third-order valence-electron chi connectivity index (χ3n) is 4.26. The lowest BCUT2D eigenvalue weighted by Gasteiger charge is -2.28. The van der Waals surface area contributed by atoms with Gasteiger partial charge in [0, 0.05) is 13.1 Å². The molecule has 1 aromatic rings. The molecule has 1 heteroatoms. The van der Waals surface area contributed by atoms with Gasteiger partial charge in [-0.25, -0.2) is 0 Å². The molecular weight excluding hydrogens is 206 g/mol. The molecule has 0 radical (unpaired) electrons. The molecule has 17 heavy (non-hydrogen) atoms. The second-order valence-corrected chi connectivity index (χ2v) is 6.13. The molecule has 0 fully saturated rings. The highest BCUT2D eigenvalue weighted by molar-refractivity contribution is 5.43. The van der Waals surface area contributed by atoms with Crippen LogP contribution in [-0.2, 0) is 19.4 Å². The molecule has 1 N–H and O–H groups in total. The maximum Gasteiger partial charge on any atom is 0.0208 e. The first-order valence-electron chi connectivity index (χ1n) is 7.09. The fourth-order valence-electron chi connectivity index (χ4n) is 3.50. The highest BCUT2D eigenvalue weighted by Crippen LogP contribution is 2.34. The van der Waals surface area contributed by atoms with Gasteiger partial charge in [-0.1, -0.05) is 26.0 Å². The molecule has 1 atom stereocenters. The van der Waals surface area contributed by atoms with Gasteiger partial charge >= 0.3 is 0 Å². The lowest BCUT2D eigenvalue weighted by molar-refractivity contribution is 0.448. The van der Waals surface area contributed by atoms with E-state index in [-0.39, 0.29) is 0 Å². The topological polar surface area (TPSA) is 12.0 Å². The third-order valence-corrected chi connectivity index (χ3v) is 4.26. The molecule has 1 heterocycles. The van der Waals surface area contributed by atoms with Crippen LogP contribution in [0.1, 0.15) is 54.9 Å². The first-order chi connectivity index (χ1) is 8.24. The maximum absolute atomic E-state index is 3.59. The van der Waals surface area contributed by atoms with Crippen LogP contribution in [0.25, 0.3) is 0 Å². The van der Waals surface area contributed by atoms with Crippen molar-refractivity contribution in [2.45, 2.75) is 52.0 Å². The summed E-state index contributed by atoms with van der Waals surface area (Å²) in [4.78, 5) is 0. The van der Waals surface area contributed by atoms with Crippen LogP contribution in [0.15, 0.2) is 12.1 Å². The maximum atomic E-state index is 3.59. The molecule has 1 unspecified atom stereocenters. The lowest BCUT2D eigenvalue weighted by atomic mass is 9.83. The molecule has 92 valence electrons. The molecular formula is C16H23N. The fourth-order valence-corrected chi connectivity index (χ4v) is 3.50. The molecule has 0 amide bonds. The molecule has 2 aliphatic rings. The molecule has 0 bridgehead atoms. The summed E-state index contributed by atoms with van der Waals surface area (Å²) in [6.07, 6.45) is 5.29. The Labute approximate surface area is 105 Å². The Hall–Kier alpha value is -0.820. The van der Waals surface area contributed by atoms with Gasteiger partial charge in [0.1, 0.15) is 0 Å². The molecule has 1 aliphatic carbocycles. The largest absolute Gasteiger partial charge is 0.312 e. The van der Waals surface area contributed by atoms with Gasteiger partial charge in [0.2, 0.25) is 0 Å². The number of aryl methyl sites for hydroxylation is 2. The van der Waals surface area contributed by atoms with Crippen molar-refractivity contribution in [1.82, 2.24) is 5.32 Å². The second kappa shape index (κ2) is 4.45. The minimum atomic E-state index is 0.740. The number of hydrogen-bond donors (Lipinski definition) is 1. The van der Waals surface area contributed by atoms with Crippen molar-refractivity contribution in [1.29, 1.82) is 0 Å². The summed E-state index contributed by atoms with van der Waals surface area (Å²) < 4.78 is 0. The molecule has 0 aromatic heterocycles. The van der Waals surface area contributed by atoms with E-state index in [1.165, 1.54) is 32.2 Å². The van der Waals surface area contributed by atoms with Crippen LogP contribution < -0.4 is 5.32 Å². The lowest BCUT2D eigenvalue weighted by Crippen LogP contribution is -2.29. The Morgan fingerprint density at radius 2 is 1.94 bits per heavy atom. The Morgan fingerprint density at radius 1 is 1.18 bits per heavy atom. The monoisotopic (exact) mass is 229 g/mol. The van der Waals surface area contributed by atoms with Crippen LogP contribution in [0.5, 0.6) is 0 Å². The number of fused-ring (bicyclic) bond motifs is 2. The van der Waals surface area contributed by atoms with Crippen molar-refractivity contribution < 1.29 is 0 Å². The molecule has 0 spiro atoms. The van der Waals surface area contributed by atoms with Gasteiger partial charge in [-0.3, -0.25) is 0 Å². The van der Waals surface area contributed by atoms with Crippen LogP contribution in [0.4, 0.5) is 0 Å². The zero-order valence-electron chi connectivity index (χ0n) is 11.1. The third kappa shape index (κ3) is 2.13. The van der Waals surface area contributed by atoms with E-state index in [1.807, 2.05) is 0 Å². The summed E-state index contributed by atoms with van der Waals surface area (Å²) in [6.45, 7) is 6.92. The van der Waals surface area contributed by atoms with Crippen molar-refractivity contribution in [3.8, 4) is 0 Å². The van der Waals surface area contributed by atoms with Crippen LogP contribution in [-0.4, -0.2) is 6.54 Å². The number of hydrogen-bond acceptors (Lipinski definition) is 1. The summed E-state index contributed by atoms with van der Waals surface area (Å²) >= 11 is 0. The normalized spacial score (nSPS) is 22.6. The van der Waals surface area contributed by atoms with Crippen LogP contribution in [0.3, 0.4) is 0 Å². The summed E-state index contributed by atoms with van der Waals surface area (Å²) in [6, 6.07) is 5.02. The van der Waals surface area contributed by atoms with Gasteiger partial charge < -0.3 is 5.32 Å². The summed E-state index contributed by atoms with van der Waals surface area (Å²) in [5.41, 5.74) is 6.48. The van der Waals surface area contributed by atoms with Crippen molar-refractivity contribution in [3.63, 3.8) is 0 Å². The van der Waals surface area contributed by atoms with E-state index in [0.29, 0.717) is 0 Å². The predicted octanol–water partition coefficient (Wildman–Crippen LogP) is 3.41. The number of rotatable bonds is 2. The standard InChI is InChI=1S/C16H23N/c1-11(2)6-14-9-17-10-15-7-12-4-3-5-13(12)8-16(14)15/h7-8,11,14,17H,3-6,9-10H2,1-2H3. The van der Waals surface area contributed by atoms with E-state index in [1.54, 1.807) is 22.3 Å². The average molecular weight is 229 g/mol. The molecule has 0 saturated carbocycles. The van der Waals surface area contributed by atoms with Crippen molar-refractivity contribution in [3.05, 3.63) is 34.4 Å². The number of nitrogens with one attached hydrogen (secondary N) is 1. The SMILES string of the molecule is CC(C)CC1CNCc2cc3c(cc21)CCC3. The van der Waals surface area contributed by atoms with Gasteiger partial charge in [0.15, 0.2) is 0 Å². The van der Waals surface area contributed by atoms with Crippen LogP contribution in [0, 0.1) is 5.92 Å². The first kappa shape index (κ1) is 11.3. The Kier molecular flexibility index (Phi) is 2.96. The molecule has 1 aliphatic heterocycles. The van der Waals surface area contributed by atoms with Crippen LogP contribution >= 0.6 is 0 Å². The predicted molar refractivity (Wildman–Crippen MR) is 72.4 cm³/mol. The van der Waals surface area contributed by atoms with Gasteiger partial charge in [0.25, 0.3) is 0 Å². The fraction of sp³-hybridized carbons (Fsp3) is 0.625. The van der Waals surface area contributed by atoms with E-state index in [2.05, 4.69) is 31.3 Å². The smallest absolute Gasteiger partial charge is 0.0208 e. The molecule has 3 rings (SSSR count). The van der Waals surface area contributed by atoms with Gasteiger partial charge in [-0.15, -0.1) is 0 Å². The Morgan fingerprint density at radius 3 is 2.71 bits per heavy atom. The van der Waals surface area contributed by atoms with Crippen molar-refractivity contribution >= 4 is 0 Å². The molecule has 1 aromatic carbocycles. The van der Waals surface area contributed by atoms with E-state index in [9.17, 15) is 0 Å². The molecule has 1 nitrogen and oxygen atoms in total. The summed E-state index contributed by atoms with van der Waals surface area (Å²) in [5, 5.41) is 3.59. The van der Waals surface area contributed by atoms with Gasteiger partial charge in [-0.2, -0.15) is 0 Å². The Bertz CT molecular complexity index is 420. The average Bonchev–Trinajstić information content (AvgIpc) is 2.73. The zero-order chi connectivity index (χ0) is 11.8. The number of benzene rings is 1. The van der Waals surface area contributed by atoms with E-state index in [4.69, 9.17) is 0 Å². The van der Waals surface area contributed by atoms with Gasteiger partial charge in [0.05, 0.1) is 0 Å². The summed E-state index contributed by atoms with van der Waals surface area (Å²) in [7, 11) is 0. The van der Waals surface area contributed by atoms with Crippen molar-refractivity contribution in [2.24, 2.45) is 5.92 Å². The van der Waals surface area contributed by atoms with E-state index < -0.39 is 0 Å². The Balaban J connectivity index is 1.96. The first-order valence-corrected chi connectivity index (χ1v) is 7.09. The quantitative estimate of drug-likeness (QED) is 0.819. The molecule has 0 saturated heterocycles.